The van der Waals surface area contributed by atoms with E-state index in [1.807, 2.05) is 18.2 Å². The molecule has 28 heavy (non-hydrogen) atoms. The number of hydrogen-bond donors (Lipinski definition) is 2. The van der Waals surface area contributed by atoms with Gasteiger partial charge in [0.1, 0.15) is 17.1 Å². The predicted molar refractivity (Wildman–Crippen MR) is 105 cm³/mol. The number of rotatable bonds is 6. The Morgan fingerprint density at radius 1 is 1.25 bits per heavy atom. The molecule has 0 aliphatic rings. The molecule has 0 saturated heterocycles. The van der Waals surface area contributed by atoms with E-state index < -0.39 is 0 Å². The third-order valence-corrected chi connectivity index (χ3v) is 5.01. The van der Waals surface area contributed by atoms with Crippen molar-refractivity contribution in [2.75, 3.05) is 12.9 Å². The molecule has 0 fully saturated rings. The zero-order chi connectivity index (χ0) is 19.5. The zero-order valence-electron chi connectivity index (χ0n) is 14.9. The molecule has 4 rings (SSSR count). The number of benzene rings is 2. The van der Waals surface area contributed by atoms with Crippen LogP contribution in [0.1, 0.15) is 5.56 Å². The topological polar surface area (TPSA) is 92.8 Å². The van der Waals surface area contributed by atoms with Crippen molar-refractivity contribution in [1.82, 2.24) is 25.5 Å². The Bertz CT molecular complexity index is 1160. The lowest BCUT2D eigenvalue weighted by atomic mass is 10.2. The summed E-state index contributed by atoms with van der Waals surface area (Å²) in [7, 11) is 1.60. The Morgan fingerprint density at radius 2 is 2.11 bits per heavy atom. The summed E-state index contributed by atoms with van der Waals surface area (Å²) in [5.74, 6) is 0.248. The lowest BCUT2D eigenvalue weighted by Gasteiger charge is -2.05. The number of aromatic nitrogens is 4. The first-order valence-electron chi connectivity index (χ1n) is 8.47. The van der Waals surface area contributed by atoms with E-state index in [-0.39, 0.29) is 24.0 Å². The van der Waals surface area contributed by atoms with Gasteiger partial charge < -0.3 is 15.0 Å². The minimum Gasteiger partial charge on any atom is -0.497 e. The van der Waals surface area contributed by atoms with Crippen molar-refractivity contribution < 1.29 is 13.9 Å². The number of aromatic amines is 1. The second-order valence-corrected chi connectivity index (χ2v) is 6.93. The Morgan fingerprint density at radius 3 is 2.93 bits per heavy atom. The van der Waals surface area contributed by atoms with Crippen LogP contribution >= 0.6 is 11.8 Å². The van der Waals surface area contributed by atoms with Gasteiger partial charge in [-0.3, -0.25) is 4.79 Å². The van der Waals surface area contributed by atoms with Crippen molar-refractivity contribution in [3.63, 3.8) is 0 Å². The van der Waals surface area contributed by atoms with Gasteiger partial charge in [-0.1, -0.05) is 30.0 Å². The maximum Gasteiger partial charge on any atom is 0.230 e. The molecule has 0 spiro atoms. The summed E-state index contributed by atoms with van der Waals surface area (Å²) in [6, 6.07) is 11.9. The van der Waals surface area contributed by atoms with E-state index in [1.165, 1.54) is 17.8 Å². The van der Waals surface area contributed by atoms with E-state index in [0.717, 1.165) is 16.7 Å². The number of ether oxygens (including phenoxy) is 1. The minimum atomic E-state index is -0.344. The average Bonchev–Trinajstić information content (AvgIpc) is 3.08. The number of fused-ring (bicyclic) bond motifs is 3. The minimum absolute atomic E-state index is 0.107. The molecule has 7 nitrogen and oxygen atoms in total. The lowest BCUT2D eigenvalue weighted by molar-refractivity contribution is -0.118. The highest BCUT2D eigenvalue weighted by molar-refractivity contribution is 7.99. The second kappa shape index (κ2) is 7.81. The van der Waals surface area contributed by atoms with Crippen LogP contribution in [0.4, 0.5) is 4.39 Å². The largest absolute Gasteiger partial charge is 0.497 e. The van der Waals surface area contributed by atoms with Crippen molar-refractivity contribution in [1.29, 1.82) is 0 Å². The van der Waals surface area contributed by atoms with Gasteiger partial charge in [0.25, 0.3) is 0 Å². The lowest BCUT2D eigenvalue weighted by Crippen LogP contribution is -2.25. The number of carbonyl (C=O) groups excluding carboxylic acids is 1. The highest BCUT2D eigenvalue weighted by Gasteiger charge is 2.12. The molecule has 0 unspecified atom stereocenters. The number of nitrogens with one attached hydrogen (secondary N) is 2. The fourth-order valence-corrected chi connectivity index (χ4v) is 3.36. The van der Waals surface area contributed by atoms with Gasteiger partial charge in [0.15, 0.2) is 5.65 Å². The van der Waals surface area contributed by atoms with Crippen LogP contribution in [-0.2, 0) is 11.3 Å². The molecule has 1 amide bonds. The van der Waals surface area contributed by atoms with Gasteiger partial charge in [0.05, 0.1) is 12.9 Å². The molecule has 0 aliphatic carbocycles. The number of amides is 1. The molecule has 2 aromatic carbocycles. The van der Waals surface area contributed by atoms with E-state index >= 15 is 0 Å². The summed E-state index contributed by atoms with van der Waals surface area (Å²) in [6.45, 7) is 0.133. The maximum atomic E-state index is 13.6. The zero-order valence-corrected chi connectivity index (χ0v) is 15.7. The number of methoxy groups -OCH3 is 1. The van der Waals surface area contributed by atoms with Crippen LogP contribution in [0, 0.1) is 5.82 Å². The van der Waals surface area contributed by atoms with Crippen LogP contribution in [0.5, 0.6) is 5.75 Å². The summed E-state index contributed by atoms with van der Waals surface area (Å²) < 4.78 is 18.8. The van der Waals surface area contributed by atoms with Crippen molar-refractivity contribution in [2.24, 2.45) is 0 Å². The molecule has 2 N–H and O–H groups in total. The fourth-order valence-electron chi connectivity index (χ4n) is 2.74. The van der Waals surface area contributed by atoms with Crippen molar-refractivity contribution in [3.05, 3.63) is 53.8 Å². The van der Waals surface area contributed by atoms with Crippen molar-refractivity contribution >= 4 is 39.7 Å². The Kier molecular flexibility index (Phi) is 5.07. The Labute approximate surface area is 163 Å². The Hall–Kier alpha value is -3.20. The number of carbonyl (C=O) groups is 1. The molecule has 0 saturated carbocycles. The number of nitrogens with zero attached hydrogens (tertiary/aromatic N) is 3. The number of halogens is 1. The Balaban J connectivity index is 1.42. The summed E-state index contributed by atoms with van der Waals surface area (Å²) in [5.41, 5.74) is 2.55. The highest BCUT2D eigenvalue weighted by atomic mass is 32.2. The molecule has 2 aromatic heterocycles. The smallest absolute Gasteiger partial charge is 0.230 e. The third-order valence-electron chi connectivity index (χ3n) is 4.17. The number of hydrogen-bond acceptors (Lipinski definition) is 6. The normalized spacial score (nSPS) is 11.1. The van der Waals surface area contributed by atoms with Crippen LogP contribution in [0.2, 0.25) is 0 Å². The van der Waals surface area contributed by atoms with Crippen LogP contribution < -0.4 is 10.1 Å². The summed E-state index contributed by atoms with van der Waals surface area (Å²) in [5, 5.41) is 12.3. The summed E-state index contributed by atoms with van der Waals surface area (Å²) >= 11 is 1.17. The maximum absolute atomic E-state index is 13.6. The van der Waals surface area contributed by atoms with Gasteiger partial charge in [-0.2, -0.15) is 0 Å². The van der Waals surface area contributed by atoms with E-state index in [9.17, 15) is 9.18 Å². The first-order valence-corrected chi connectivity index (χ1v) is 9.45. The van der Waals surface area contributed by atoms with Gasteiger partial charge >= 0.3 is 0 Å². The quantitative estimate of drug-likeness (QED) is 0.486. The van der Waals surface area contributed by atoms with E-state index in [1.54, 1.807) is 25.3 Å². The van der Waals surface area contributed by atoms with E-state index in [2.05, 4.69) is 25.5 Å². The van der Waals surface area contributed by atoms with Crippen LogP contribution in [0.25, 0.3) is 22.1 Å². The molecule has 9 heteroatoms. The first-order chi connectivity index (χ1) is 13.6. The molecule has 0 bridgehead atoms. The van der Waals surface area contributed by atoms with Crippen LogP contribution in [0.15, 0.2) is 47.6 Å². The molecular formula is C19H16FN5O2S. The second-order valence-electron chi connectivity index (χ2n) is 5.98. The monoisotopic (exact) mass is 397 g/mol. The summed E-state index contributed by atoms with van der Waals surface area (Å²) in [6.07, 6.45) is 0. The molecule has 0 radical (unpaired) electrons. The molecule has 2 heterocycles. The molecule has 0 aliphatic heterocycles. The molecule has 142 valence electrons. The molecule has 4 aromatic rings. The van der Waals surface area contributed by atoms with Crippen molar-refractivity contribution in [2.45, 2.75) is 11.7 Å². The number of H-pyrrole nitrogens is 1. The van der Waals surface area contributed by atoms with Gasteiger partial charge in [-0.25, -0.2) is 9.37 Å². The van der Waals surface area contributed by atoms with Gasteiger partial charge in [0.2, 0.25) is 11.1 Å². The fraction of sp³-hybridized carbons (Fsp3) is 0.158. The SMILES string of the molecule is COc1ccc2[nH]c3nc(SCC(=O)NCc4ccccc4F)nnc3c2c1. The van der Waals surface area contributed by atoms with Crippen molar-refractivity contribution in [3.8, 4) is 5.75 Å². The van der Waals surface area contributed by atoms with Crippen LogP contribution in [-0.4, -0.2) is 38.9 Å². The molecular weight excluding hydrogens is 381 g/mol. The summed E-state index contributed by atoms with van der Waals surface area (Å²) in [4.78, 5) is 19.6. The van der Waals surface area contributed by atoms with Gasteiger partial charge in [-0.15, -0.1) is 10.2 Å². The van der Waals surface area contributed by atoms with E-state index in [4.69, 9.17) is 4.74 Å². The standard InChI is InChI=1S/C19H16FN5O2S/c1-27-12-6-7-15-13(8-12)17-18(22-15)23-19(25-24-17)28-10-16(26)21-9-11-4-2-3-5-14(11)20/h2-8H,9-10H2,1H3,(H,21,26)(H,22,23,25). The van der Waals surface area contributed by atoms with E-state index in [0.29, 0.717) is 21.9 Å². The van der Waals surface area contributed by atoms with Crippen LogP contribution in [0.3, 0.4) is 0 Å². The average molecular weight is 397 g/mol. The first kappa shape index (κ1) is 18.2. The third kappa shape index (κ3) is 3.74. The highest BCUT2D eigenvalue weighted by Crippen LogP contribution is 2.27. The predicted octanol–water partition coefficient (Wildman–Crippen LogP) is 3.06. The van der Waals surface area contributed by atoms with Gasteiger partial charge in [-0.05, 0) is 24.3 Å². The number of thioether (sulfide) groups is 1. The van der Waals surface area contributed by atoms with Gasteiger partial charge in [0, 0.05) is 23.0 Å². The molecule has 0 atom stereocenters.